The number of halogens is 1. The number of hydrogen-bond acceptors (Lipinski definition) is 3. The van der Waals surface area contributed by atoms with Gasteiger partial charge >= 0.3 is 0 Å². The van der Waals surface area contributed by atoms with Crippen molar-refractivity contribution in [2.45, 2.75) is 45.6 Å². The number of carbonyl (C=O) groups excluding carboxylic acids is 1. The molecule has 0 spiro atoms. The van der Waals surface area contributed by atoms with E-state index in [0.29, 0.717) is 11.3 Å². The van der Waals surface area contributed by atoms with Gasteiger partial charge in [0.25, 0.3) is 0 Å². The highest BCUT2D eigenvalue weighted by molar-refractivity contribution is 9.10. The number of rotatable bonds is 7. The van der Waals surface area contributed by atoms with Crippen LogP contribution < -0.4 is 5.32 Å². The molecule has 1 aromatic carbocycles. The predicted octanol–water partition coefficient (Wildman–Crippen LogP) is 3.75. The molecule has 1 heterocycles. The largest absolute Gasteiger partial charge is 0.354 e. The molecule has 1 amide bonds. The van der Waals surface area contributed by atoms with Crippen LogP contribution >= 0.6 is 28.1 Å². The molecular formula is C17H23BrN4OS. The zero-order valence-electron chi connectivity index (χ0n) is 14.2. The first-order valence-electron chi connectivity index (χ1n) is 8.00. The Hall–Kier alpha value is -1.47. The molecule has 0 bridgehead atoms. The summed E-state index contributed by atoms with van der Waals surface area (Å²) in [7, 11) is 0. The summed E-state index contributed by atoms with van der Waals surface area (Å²) in [6.07, 6.45) is 1.75. The number of amides is 1. The van der Waals surface area contributed by atoms with E-state index in [2.05, 4.69) is 64.3 Å². The minimum Gasteiger partial charge on any atom is -0.354 e. The molecular weight excluding hydrogens is 388 g/mol. The average molecular weight is 411 g/mol. The van der Waals surface area contributed by atoms with E-state index in [4.69, 9.17) is 12.2 Å². The van der Waals surface area contributed by atoms with Gasteiger partial charge in [-0.3, -0.25) is 14.5 Å². The van der Waals surface area contributed by atoms with Crippen molar-refractivity contribution in [1.29, 1.82) is 0 Å². The Bertz CT molecular complexity index is 749. The quantitative estimate of drug-likeness (QED) is 0.683. The molecule has 0 radical (unpaired) electrons. The Balaban J connectivity index is 1.99. The van der Waals surface area contributed by atoms with E-state index in [-0.39, 0.29) is 17.9 Å². The zero-order valence-corrected chi connectivity index (χ0v) is 16.6. The van der Waals surface area contributed by atoms with Crippen molar-refractivity contribution in [3.05, 3.63) is 44.9 Å². The Morgan fingerprint density at radius 1 is 1.38 bits per heavy atom. The first-order chi connectivity index (χ1) is 11.3. The number of nitrogens with zero attached hydrogens (tertiary/aromatic N) is 2. The molecule has 24 heavy (non-hydrogen) atoms. The molecule has 2 N–H and O–H groups in total. The summed E-state index contributed by atoms with van der Waals surface area (Å²) in [5.74, 6) is 0.764. The Kier molecular flexibility index (Phi) is 6.34. The number of aryl methyl sites for hydroxylation is 1. The van der Waals surface area contributed by atoms with E-state index in [1.54, 1.807) is 4.57 Å². The number of aromatic amines is 1. The fourth-order valence-corrected chi connectivity index (χ4v) is 2.93. The molecule has 2 rings (SSSR count). The van der Waals surface area contributed by atoms with Gasteiger partial charge in [-0.1, -0.05) is 48.8 Å². The van der Waals surface area contributed by atoms with E-state index < -0.39 is 0 Å². The van der Waals surface area contributed by atoms with Gasteiger partial charge in [0.2, 0.25) is 5.91 Å². The van der Waals surface area contributed by atoms with Crippen LogP contribution in [0, 0.1) is 4.77 Å². The fourth-order valence-electron chi connectivity index (χ4n) is 2.45. The van der Waals surface area contributed by atoms with Crippen LogP contribution in [0.1, 0.15) is 38.6 Å². The second kappa shape index (κ2) is 8.07. The summed E-state index contributed by atoms with van der Waals surface area (Å²) in [5.41, 5.74) is 1.03. The lowest BCUT2D eigenvalue weighted by Crippen LogP contribution is -2.38. The molecule has 1 aromatic heterocycles. The van der Waals surface area contributed by atoms with Gasteiger partial charge in [0.15, 0.2) is 4.77 Å². The Labute approximate surface area is 156 Å². The lowest BCUT2D eigenvalue weighted by molar-refractivity contribution is -0.121. The first kappa shape index (κ1) is 18.9. The van der Waals surface area contributed by atoms with Crippen LogP contribution in [0.3, 0.4) is 0 Å². The summed E-state index contributed by atoms with van der Waals surface area (Å²) in [6.45, 7) is 7.05. The van der Waals surface area contributed by atoms with E-state index >= 15 is 0 Å². The number of hydrogen-bond donors (Lipinski definition) is 2. The van der Waals surface area contributed by atoms with Crippen LogP contribution in [0.25, 0.3) is 0 Å². The van der Waals surface area contributed by atoms with Crippen LogP contribution in [-0.4, -0.2) is 27.2 Å². The molecule has 0 aliphatic carbocycles. The normalized spacial score (nSPS) is 11.5. The van der Waals surface area contributed by atoms with Gasteiger partial charge < -0.3 is 5.32 Å². The first-order valence-corrected chi connectivity index (χ1v) is 9.20. The number of aromatic nitrogens is 3. The van der Waals surface area contributed by atoms with Crippen molar-refractivity contribution in [2.75, 3.05) is 6.54 Å². The number of benzene rings is 1. The zero-order chi connectivity index (χ0) is 17.7. The minimum atomic E-state index is -0.152. The maximum atomic E-state index is 12.3. The molecule has 7 heteroatoms. The van der Waals surface area contributed by atoms with Gasteiger partial charge in [0.05, 0.1) is 0 Å². The topological polar surface area (TPSA) is 62.7 Å². The van der Waals surface area contributed by atoms with E-state index in [1.165, 1.54) is 5.56 Å². The lowest BCUT2D eigenvalue weighted by Gasteiger charge is -2.26. The van der Waals surface area contributed by atoms with Crippen LogP contribution in [0.2, 0.25) is 0 Å². The van der Waals surface area contributed by atoms with Gasteiger partial charge in [0.1, 0.15) is 12.4 Å². The van der Waals surface area contributed by atoms with Crippen molar-refractivity contribution in [2.24, 2.45) is 0 Å². The van der Waals surface area contributed by atoms with Gasteiger partial charge in [0, 0.05) is 22.9 Å². The molecule has 0 unspecified atom stereocenters. The summed E-state index contributed by atoms with van der Waals surface area (Å²) >= 11 is 8.65. The highest BCUT2D eigenvalue weighted by Crippen LogP contribution is 2.24. The average Bonchev–Trinajstić information content (AvgIpc) is 2.87. The molecule has 0 aliphatic rings. The smallest absolute Gasteiger partial charge is 0.240 e. The molecule has 2 aromatic rings. The van der Waals surface area contributed by atoms with Gasteiger partial charge in [-0.05, 0) is 36.3 Å². The highest BCUT2D eigenvalue weighted by atomic mass is 79.9. The Morgan fingerprint density at radius 2 is 2.04 bits per heavy atom. The van der Waals surface area contributed by atoms with Crippen molar-refractivity contribution < 1.29 is 4.79 Å². The van der Waals surface area contributed by atoms with Crippen molar-refractivity contribution in [3.63, 3.8) is 0 Å². The summed E-state index contributed by atoms with van der Waals surface area (Å²) in [4.78, 5) is 12.3. The molecule has 0 saturated carbocycles. The number of nitrogens with one attached hydrogen (secondary N) is 2. The monoisotopic (exact) mass is 410 g/mol. The SMILES string of the molecule is CCCc1n[nH]c(=S)n1CC(=O)NCC(C)(C)c1ccc(Br)cc1. The van der Waals surface area contributed by atoms with Crippen LogP contribution in [0.15, 0.2) is 28.7 Å². The third-order valence-corrected chi connectivity index (χ3v) is 4.81. The lowest BCUT2D eigenvalue weighted by atomic mass is 9.84. The van der Waals surface area contributed by atoms with Gasteiger partial charge in [-0.15, -0.1) is 0 Å². The second-order valence-electron chi connectivity index (χ2n) is 6.45. The summed E-state index contributed by atoms with van der Waals surface area (Å²) < 4.78 is 3.30. The Morgan fingerprint density at radius 3 is 2.67 bits per heavy atom. The standard InChI is InChI=1S/C17H23BrN4OS/c1-4-5-14-20-21-16(24)22(14)10-15(23)19-11-17(2,3)12-6-8-13(18)9-7-12/h6-9H,4-5,10-11H2,1-3H3,(H,19,23)(H,21,24). The fraction of sp³-hybridized carbons (Fsp3) is 0.471. The molecule has 0 saturated heterocycles. The molecule has 5 nitrogen and oxygen atoms in total. The molecule has 0 atom stereocenters. The number of H-pyrrole nitrogens is 1. The third kappa shape index (κ3) is 4.77. The van der Waals surface area contributed by atoms with E-state index in [9.17, 15) is 4.79 Å². The maximum absolute atomic E-state index is 12.3. The summed E-state index contributed by atoms with van der Waals surface area (Å²) in [6, 6.07) is 8.17. The predicted molar refractivity (Wildman–Crippen MR) is 102 cm³/mol. The molecule has 130 valence electrons. The van der Waals surface area contributed by atoms with E-state index in [1.807, 2.05) is 12.1 Å². The molecule has 0 fully saturated rings. The van der Waals surface area contributed by atoms with Crippen LogP contribution in [0.5, 0.6) is 0 Å². The van der Waals surface area contributed by atoms with Crippen molar-refractivity contribution >= 4 is 34.1 Å². The maximum Gasteiger partial charge on any atom is 0.240 e. The van der Waals surface area contributed by atoms with Gasteiger partial charge in [-0.25, -0.2) is 0 Å². The second-order valence-corrected chi connectivity index (χ2v) is 7.75. The molecule has 0 aliphatic heterocycles. The summed E-state index contributed by atoms with van der Waals surface area (Å²) in [5, 5.41) is 9.96. The number of carbonyl (C=O) groups is 1. The van der Waals surface area contributed by atoms with E-state index in [0.717, 1.165) is 23.1 Å². The third-order valence-electron chi connectivity index (χ3n) is 3.97. The van der Waals surface area contributed by atoms with Crippen LogP contribution in [0.4, 0.5) is 0 Å². The van der Waals surface area contributed by atoms with Crippen molar-refractivity contribution in [3.8, 4) is 0 Å². The van der Waals surface area contributed by atoms with Gasteiger partial charge in [-0.2, -0.15) is 5.10 Å². The highest BCUT2D eigenvalue weighted by Gasteiger charge is 2.21. The van der Waals surface area contributed by atoms with Crippen LogP contribution in [-0.2, 0) is 23.2 Å². The van der Waals surface area contributed by atoms with Crippen molar-refractivity contribution in [1.82, 2.24) is 20.1 Å². The minimum absolute atomic E-state index is 0.0601.